The summed E-state index contributed by atoms with van der Waals surface area (Å²) in [6, 6.07) is 12.3. The third-order valence-corrected chi connectivity index (χ3v) is 3.97. The van der Waals surface area contributed by atoms with E-state index in [2.05, 4.69) is 10.6 Å². The predicted molar refractivity (Wildman–Crippen MR) is 99.4 cm³/mol. The lowest BCUT2D eigenvalue weighted by Crippen LogP contribution is -2.29. The van der Waals surface area contributed by atoms with Crippen molar-refractivity contribution in [3.63, 3.8) is 0 Å². The highest BCUT2D eigenvalue weighted by Crippen LogP contribution is 2.25. The van der Waals surface area contributed by atoms with Crippen LogP contribution in [0.15, 0.2) is 42.5 Å². The van der Waals surface area contributed by atoms with E-state index in [9.17, 15) is 9.59 Å². The maximum absolute atomic E-state index is 11.9. The zero-order valence-electron chi connectivity index (χ0n) is 13.6. The fourth-order valence-electron chi connectivity index (χ4n) is 2.13. The largest absolute Gasteiger partial charge is 0.497 e. The standard InChI is InChI=1S/C18H18Cl2N2O3/c1-25-14-5-2-12(3-6-14)8-9-21-17(23)11-18(24)22-16-7-4-13(19)10-15(16)20/h2-7,10H,8-9,11H2,1H3,(H,21,23)(H,22,24). The van der Waals surface area contributed by atoms with Gasteiger partial charge >= 0.3 is 0 Å². The van der Waals surface area contributed by atoms with E-state index in [1.54, 1.807) is 19.2 Å². The lowest BCUT2D eigenvalue weighted by atomic mass is 10.1. The van der Waals surface area contributed by atoms with Crippen LogP contribution in [0.25, 0.3) is 0 Å². The van der Waals surface area contributed by atoms with Gasteiger partial charge in [-0.2, -0.15) is 0 Å². The van der Waals surface area contributed by atoms with Gasteiger partial charge in [-0.05, 0) is 42.3 Å². The van der Waals surface area contributed by atoms with Gasteiger partial charge < -0.3 is 15.4 Å². The van der Waals surface area contributed by atoms with E-state index in [1.807, 2.05) is 24.3 Å². The summed E-state index contributed by atoms with van der Waals surface area (Å²) in [6.45, 7) is 0.445. The predicted octanol–water partition coefficient (Wildman–Crippen LogP) is 3.69. The molecule has 2 aromatic rings. The van der Waals surface area contributed by atoms with Crippen LogP contribution in [-0.2, 0) is 16.0 Å². The number of carbonyl (C=O) groups is 2. The number of halogens is 2. The van der Waals surface area contributed by atoms with E-state index in [-0.39, 0.29) is 12.3 Å². The Kier molecular flexibility index (Phi) is 7.10. The molecule has 0 heterocycles. The first-order chi connectivity index (χ1) is 12.0. The number of anilines is 1. The molecule has 0 radical (unpaired) electrons. The van der Waals surface area contributed by atoms with Gasteiger partial charge in [-0.1, -0.05) is 35.3 Å². The maximum Gasteiger partial charge on any atom is 0.233 e. The second-order valence-corrected chi connectivity index (χ2v) is 6.14. The van der Waals surface area contributed by atoms with Crippen molar-refractivity contribution in [2.75, 3.05) is 19.0 Å². The van der Waals surface area contributed by atoms with Crippen LogP contribution in [0.1, 0.15) is 12.0 Å². The maximum atomic E-state index is 11.9. The van der Waals surface area contributed by atoms with E-state index in [1.165, 1.54) is 6.07 Å². The van der Waals surface area contributed by atoms with Gasteiger partial charge in [0, 0.05) is 11.6 Å². The van der Waals surface area contributed by atoms with E-state index < -0.39 is 5.91 Å². The Morgan fingerprint density at radius 2 is 1.76 bits per heavy atom. The van der Waals surface area contributed by atoms with Gasteiger partial charge in [0.15, 0.2) is 0 Å². The molecule has 2 N–H and O–H groups in total. The number of methoxy groups -OCH3 is 1. The molecule has 0 fully saturated rings. The number of hydrogen-bond donors (Lipinski definition) is 2. The molecule has 0 saturated carbocycles. The molecular weight excluding hydrogens is 363 g/mol. The second-order valence-electron chi connectivity index (χ2n) is 5.30. The summed E-state index contributed by atoms with van der Waals surface area (Å²) in [5, 5.41) is 6.09. The Morgan fingerprint density at radius 1 is 1.04 bits per heavy atom. The number of ether oxygens (including phenoxy) is 1. The van der Waals surface area contributed by atoms with Crippen LogP contribution in [0, 0.1) is 0 Å². The van der Waals surface area contributed by atoms with E-state index >= 15 is 0 Å². The van der Waals surface area contributed by atoms with Crippen molar-refractivity contribution >= 4 is 40.7 Å². The molecule has 7 heteroatoms. The van der Waals surface area contributed by atoms with Crippen LogP contribution in [-0.4, -0.2) is 25.5 Å². The van der Waals surface area contributed by atoms with Crippen molar-refractivity contribution in [2.24, 2.45) is 0 Å². The Morgan fingerprint density at radius 3 is 2.40 bits per heavy atom. The van der Waals surface area contributed by atoms with Gasteiger partial charge in [0.05, 0.1) is 17.8 Å². The Hall–Kier alpha value is -2.24. The van der Waals surface area contributed by atoms with Crippen LogP contribution in [0.5, 0.6) is 5.75 Å². The van der Waals surface area contributed by atoms with E-state index in [0.717, 1.165) is 11.3 Å². The molecule has 2 rings (SSSR count). The number of rotatable bonds is 7. The van der Waals surface area contributed by atoms with Crippen molar-refractivity contribution in [2.45, 2.75) is 12.8 Å². The number of benzene rings is 2. The molecule has 0 spiro atoms. The van der Waals surface area contributed by atoms with Crippen LogP contribution in [0.3, 0.4) is 0 Å². The van der Waals surface area contributed by atoms with Crippen molar-refractivity contribution in [3.05, 3.63) is 58.1 Å². The number of nitrogens with one attached hydrogen (secondary N) is 2. The lowest BCUT2D eigenvalue weighted by Gasteiger charge is -2.08. The van der Waals surface area contributed by atoms with Crippen molar-refractivity contribution in [3.8, 4) is 5.75 Å². The molecule has 0 unspecified atom stereocenters. The number of carbonyl (C=O) groups excluding carboxylic acids is 2. The molecule has 5 nitrogen and oxygen atoms in total. The highest BCUT2D eigenvalue weighted by Gasteiger charge is 2.11. The first-order valence-corrected chi connectivity index (χ1v) is 8.38. The molecule has 0 atom stereocenters. The second kappa shape index (κ2) is 9.30. The Balaban J connectivity index is 1.74. The smallest absolute Gasteiger partial charge is 0.233 e. The quantitative estimate of drug-likeness (QED) is 0.719. The molecule has 25 heavy (non-hydrogen) atoms. The minimum atomic E-state index is -0.439. The third kappa shape index (κ3) is 6.29. The molecular formula is C18H18Cl2N2O3. The molecule has 2 amide bonds. The molecule has 0 aromatic heterocycles. The molecule has 0 saturated heterocycles. The minimum absolute atomic E-state index is 0.276. The number of hydrogen-bond acceptors (Lipinski definition) is 3. The average Bonchev–Trinajstić information content (AvgIpc) is 2.58. The van der Waals surface area contributed by atoms with Crippen LogP contribution >= 0.6 is 23.2 Å². The summed E-state index contributed by atoms with van der Waals surface area (Å²) in [5.74, 6) is -0.00687. The zero-order valence-corrected chi connectivity index (χ0v) is 15.2. The highest BCUT2D eigenvalue weighted by atomic mass is 35.5. The van der Waals surface area contributed by atoms with Crippen LogP contribution in [0.4, 0.5) is 5.69 Å². The normalized spacial score (nSPS) is 10.2. The zero-order chi connectivity index (χ0) is 18.2. The third-order valence-electron chi connectivity index (χ3n) is 3.42. The summed E-state index contributed by atoms with van der Waals surface area (Å²) < 4.78 is 5.09. The van der Waals surface area contributed by atoms with Gasteiger partial charge in [0.2, 0.25) is 11.8 Å². The van der Waals surface area contributed by atoms with Gasteiger partial charge in [0.1, 0.15) is 12.2 Å². The van der Waals surface area contributed by atoms with Crippen LogP contribution in [0.2, 0.25) is 10.0 Å². The van der Waals surface area contributed by atoms with Crippen molar-refractivity contribution in [1.29, 1.82) is 0 Å². The lowest BCUT2D eigenvalue weighted by molar-refractivity contribution is -0.126. The number of amides is 2. The molecule has 0 aliphatic rings. The molecule has 132 valence electrons. The highest BCUT2D eigenvalue weighted by molar-refractivity contribution is 6.36. The van der Waals surface area contributed by atoms with Gasteiger partial charge in [-0.15, -0.1) is 0 Å². The first-order valence-electron chi connectivity index (χ1n) is 7.62. The SMILES string of the molecule is COc1ccc(CCNC(=O)CC(=O)Nc2ccc(Cl)cc2Cl)cc1. The minimum Gasteiger partial charge on any atom is -0.497 e. The topological polar surface area (TPSA) is 67.4 Å². The fourth-order valence-corrected chi connectivity index (χ4v) is 2.59. The molecule has 2 aromatic carbocycles. The molecule has 0 bridgehead atoms. The van der Waals surface area contributed by atoms with Crippen molar-refractivity contribution in [1.82, 2.24) is 5.32 Å². The summed E-state index contributed by atoms with van der Waals surface area (Å²) >= 11 is 11.8. The fraction of sp³-hybridized carbons (Fsp3) is 0.222. The van der Waals surface area contributed by atoms with Crippen LogP contribution < -0.4 is 15.4 Å². The molecule has 0 aliphatic carbocycles. The Bertz CT molecular complexity index is 748. The molecule has 0 aliphatic heterocycles. The van der Waals surface area contributed by atoms with E-state index in [0.29, 0.717) is 28.7 Å². The van der Waals surface area contributed by atoms with E-state index in [4.69, 9.17) is 27.9 Å². The summed E-state index contributed by atoms with van der Waals surface area (Å²) in [4.78, 5) is 23.7. The average molecular weight is 381 g/mol. The first kappa shape index (κ1) is 19.1. The van der Waals surface area contributed by atoms with Gasteiger partial charge in [-0.25, -0.2) is 0 Å². The summed E-state index contributed by atoms with van der Waals surface area (Å²) in [7, 11) is 1.61. The summed E-state index contributed by atoms with van der Waals surface area (Å²) in [6.07, 6.45) is 0.391. The Labute approximate surface area is 156 Å². The van der Waals surface area contributed by atoms with Gasteiger partial charge in [-0.3, -0.25) is 9.59 Å². The summed E-state index contributed by atoms with van der Waals surface area (Å²) in [5.41, 5.74) is 1.49. The monoisotopic (exact) mass is 380 g/mol. The van der Waals surface area contributed by atoms with Crippen molar-refractivity contribution < 1.29 is 14.3 Å². The van der Waals surface area contributed by atoms with Gasteiger partial charge in [0.25, 0.3) is 0 Å².